The van der Waals surface area contributed by atoms with Gasteiger partial charge in [-0.25, -0.2) is 0 Å². The Morgan fingerprint density at radius 1 is 1.10 bits per heavy atom. The van der Waals surface area contributed by atoms with Gasteiger partial charge in [0.1, 0.15) is 5.76 Å². The van der Waals surface area contributed by atoms with Crippen LogP contribution in [0.5, 0.6) is 0 Å². The summed E-state index contributed by atoms with van der Waals surface area (Å²) in [7, 11) is 0. The van der Waals surface area contributed by atoms with Gasteiger partial charge in [0.2, 0.25) is 0 Å². The van der Waals surface area contributed by atoms with Crippen LogP contribution in [0.4, 0.5) is 5.69 Å². The van der Waals surface area contributed by atoms with Crippen LogP contribution in [0.25, 0.3) is 0 Å². The van der Waals surface area contributed by atoms with Crippen LogP contribution in [0.1, 0.15) is 35.8 Å². The Hall–Kier alpha value is -1.89. The predicted molar refractivity (Wildman–Crippen MR) is 129 cm³/mol. The maximum absolute atomic E-state index is 5.84. The van der Waals surface area contributed by atoms with Gasteiger partial charge in [-0.1, -0.05) is 24.6 Å². The van der Waals surface area contributed by atoms with Gasteiger partial charge in [-0.15, -0.1) is 0 Å². The molecule has 2 heterocycles. The number of benzene rings is 1. The summed E-state index contributed by atoms with van der Waals surface area (Å²) in [6.07, 6.45) is 2.81. The standard InChI is InChI=1S/C24H36N4OS/c1-5-26-11-13-27(14-12-26)9-7-10-28(18-22-8-6-15-29-22)24(30)25-23-20(3)16-19(2)17-21(23)4/h6,8,15-17H,5,7,9-14,18H2,1-4H3,(H,25,30). The second-order valence-electron chi connectivity index (χ2n) is 8.33. The number of likely N-dealkylation sites (N-methyl/N-ethyl adjacent to an activating group) is 1. The molecule has 0 aliphatic carbocycles. The zero-order chi connectivity index (χ0) is 21.5. The summed E-state index contributed by atoms with van der Waals surface area (Å²) in [6.45, 7) is 17.2. The Bertz CT molecular complexity index is 790. The van der Waals surface area contributed by atoms with E-state index in [2.05, 4.69) is 59.8 Å². The molecular weight excluding hydrogens is 392 g/mol. The maximum Gasteiger partial charge on any atom is 0.173 e. The average molecular weight is 429 g/mol. The molecule has 0 spiro atoms. The molecule has 0 amide bonds. The molecule has 2 aromatic rings. The van der Waals surface area contributed by atoms with Crippen molar-refractivity contribution in [3.8, 4) is 0 Å². The molecule has 3 rings (SSSR count). The van der Waals surface area contributed by atoms with Gasteiger partial charge < -0.3 is 24.4 Å². The smallest absolute Gasteiger partial charge is 0.173 e. The second kappa shape index (κ2) is 10.9. The molecule has 1 saturated heterocycles. The lowest BCUT2D eigenvalue weighted by Gasteiger charge is -2.34. The number of nitrogens with zero attached hydrogens (tertiary/aromatic N) is 3. The van der Waals surface area contributed by atoms with E-state index in [0.29, 0.717) is 6.54 Å². The van der Waals surface area contributed by atoms with Gasteiger partial charge in [-0.3, -0.25) is 0 Å². The van der Waals surface area contributed by atoms with Crippen LogP contribution in [-0.2, 0) is 6.54 Å². The number of anilines is 1. The molecular formula is C24H36N4OS. The molecule has 6 heteroatoms. The van der Waals surface area contributed by atoms with Crippen molar-refractivity contribution in [2.24, 2.45) is 0 Å². The van der Waals surface area contributed by atoms with Crippen molar-refractivity contribution in [1.82, 2.24) is 14.7 Å². The Morgan fingerprint density at radius 2 is 1.77 bits per heavy atom. The van der Waals surface area contributed by atoms with E-state index < -0.39 is 0 Å². The van der Waals surface area contributed by atoms with Gasteiger partial charge in [0.05, 0.1) is 12.8 Å². The van der Waals surface area contributed by atoms with E-state index in [1.807, 2.05) is 12.1 Å². The number of thiocarbonyl (C=S) groups is 1. The van der Waals surface area contributed by atoms with Crippen LogP contribution in [0, 0.1) is 20.8 Å². The summed E-state index contributed by atoms with van der Waals surface area (Å²) in [6, 6.07) is 8.35. The number of hydrogen-bond acceptors (Lipinski definition) is 4. The largest absolute Gasteiger partial charge is 0.467 e. The van der Waals surface area contributed by atoms with Crippen LogP contribution in [0.15, 0.2) is 34.9 Å². The lowest BCUT2D eigenvalue weighted by atomic mass is 10.1. The molecule has 1 aliphatic heterocycles. The van der Waals surface area contributed by atoms with Crippen molar-refractivity contribution in [3.05, 3.63) is 53.0 Å². The molecule has 0 atom stereocenters. The lowest BCUT2D eigenvalue weighted by Crippen LogP contribution is -2.46. The fraction of sp³-hybridized carbons (Fsp3) is 0.542. The summed E-state index contributed by atoms with van der Waals surface area (Å²) in [5.41, 5.74) is 4.84. The number of aryl methyl sites for hydroxylation is 3. The van der Waals surface area contributed by atoms with Crippen molar-refractivity contribution in [2.75, 3.05) is 51.1 Å². The van der Waals surface area contributed by atoms with E-state index in [1.165, 1.54) is 29.8 Å². The van der Waals surface area contributed by atoms with Crippen molar-refractivity contribution >= 4 is 23.0 Å². The zero-order valence-electron chi connectivity index (χ0n) is 18.9. The summed E-state index contributed by atoms with van der Waals surface area (Å²) in [5.74, 6) is 0.938. The highest BCUT2D eigenvalue weighted by molar-refractivity contribution is 7.80. The highest BCUT2D eigenvalue weighted by atomic mass is 32.1. The summed E-state index contributed by atoms with van der Waals surface area (Å²) >= 11 is 5.84. The lowest BCUT2D eigenvalue weighted by molar-refractivity contribution is 0.134. The molecule has 30 heavy (non-hydrogen) atoms. The van der Waals surface area contributed by atoms with Gasteiger partial charge in [0.25, 0.3) is 0 Å². The minimum absolute atomic E-state index is 0.687. The number of rotatable bonds is 8. The van der Waals surface area contributed by atoms with Crippen molar-refractivity contribution in [1.29, 1.82) is 0 Å². The maximum atomic E-state index is 5.84. The van der Waals surface area contributed by atoms with E-state index in [9.17, 15) is 0 Å². The van der Waals surface area contributed by atoms with Crippen molar-refractivity contribution in [2.45, 2.75) is 40.7 Å². The quantitative estimate of drug-likeness (QED) is 0.627. The molecule has 1 aromatic heterocycles. The van der Waals surface area contributed by atoms with Crippen LogP contribution >= 0.6 is 12.2 Å². The molecule has 1 aromatic carbocycles. The number of furan rings is 1. The molecule has 164 valence electrons. The Balaban J connectivity index is 1.60. The van der Waals surface area contributed by atoms with Crippen molar-refractivity contribution in [3.63, 3.8) is 0 Å². The van der Waals surface area contributed by atoms with Gasteiger partial charge in [0, 0.05) is 38.4 Å². The van der Waals surface area contributed by atoms with E-state index in [0.717, 1.165) is 55.7 Å². The van der Waals surface area contributed by atoms with E-state index >= 15 is 0 Å². The minimum atomic E-state index is 0.687. The Morgan fingerprint density at radius 3 is 2.37 bits per heavy atom. The van der Waals surface area contributed by atoms with E-state index in [-0.39, 0.29) is 0 Å². The third-order valence-corrected chi connectivity index (χ3v) is 6.30. The van der Waals surface area contributed by atoms with Gasteiger partial charge >= 0.3 is 0 Å². The first kappa shape index (κ1) is 22.8. The Labute approximate surface area is 187 Å². The summed E-state index contributed by atoms with van der Waals surface area (Å²) < 4.78 is 5.60. The molecule has 0 unspecified atom stereocenters. The molecule has 5 nitrogen and oxygen atoms in total. The molecule has 0 bridgehead atoms. The molecule has 1 aliphatic rings. The van der Waals surface area contributed by atoms with Crippen LogP contribution < -0.4 is 5.32 Å². The zero-order valence-corrected chi connectivity index (χ0v) is 19.7. The second-order valence-corrected chi connectivity index (χ2v) is 8.72. The molecule has 1 N–H and O–H groups in total. The number of hydrogen-bond donors (Lipinski definition) is 1. The predicted octanol–water partition coefficient (Wildman–Crippen LogP) is 4.43. The fourth-order valence-electron chi connectivity index (χ4n) is 4.22. The Kier molecular flexibility index (Phi) is 8.31. The highest BCUT2D eigenvalue weighted by Gasteiger charge is 2.17. The van der Waals surface area contributed by atoms with Crippen molar-refractivity contribution < 1.29 is 4.42 Å². The van der Waals surface area contributed by atoms with Gasteiger partial charge in [0.15, 0.2) is 5.11 Å². The first-order valence-corrected chi connectivity index (χ1v) is 11.5. The highest BCUT2D eigenvalue weighted by Crippen LogP contribution is 2.23. The summed E-state index contributed by atoms with van der Waals surface area (Å²) in [4.78, 5) is 7.32. The monoisotopic (exact) mass is 428 g/mol. The van der Waals surface area contributed by atoms with Gasteiger partial charge in [-0.2, -0.15) is 0 Å². The van der Waals surface area contributed by atoms with Crippen LogP contribution in [0.3, 0.4) is 0 Å². The van der Waals surface area contributed by atoms with E-state index in [4.69, 9.17) is 16.6 Å². The summed E-state index contributed by atoms with van der Waals surface area (Å²) in [5, 5.41) is 4.28. The molecule has 0 saturated carbocycles. The molecule has 1 fully saturated rings. The fourth-order valence-corrected chi connectivity index (χ4v) is 4.48. The minimum Gasteiger partial charge on any atom is -0.467 e. The van der Waals surface area contributed by atoms with Crippen LogP contribution in [-0.4, -0.2) is 65.6 Å². The first-order chi connectivity index (χ1) is 14.5. The molecule has 0 radical (unpaired) electrons. The van der Waals surface area contributed by atoms with E-state index in [1.54, 1.807) is 6.26 Å². The topological polar surface area (TPSA) is 34.9 Å². The SMILES string of the molecule is CCN1CCN(CCCN(Cc2ccco2)C(=S)Nc2c(C)cc(C)cc2C)CC1. The first-order valence-electron chi connectivity index (χ1n) is 11.1. The third kappa shape index (κ3) is 6.30. The van der Waals surface area contributed by atoms with Crippen LogP contribution in [0.2, 0.25) is 0 Å². The number of nitrogens with one attached hydrogen (secondary N) is 1. The number of piperazine rings is 1. The normalized spacial score (nSPS) is 15.3. The third-order valence-electron chi connectivity index (χ3n) is 5.94. The van der Waals surface area contributed by atoms with Gasteiger partial charge in [-0.05, 0) is 75.8 Å². The average Bonchev–Trinajstić information content (AvgIpc) is 3.23.